The van der Waals surface area contributed by atoms with E-state index in [-0.39, 0.29) is 18.4 Å². The van der Waals surface area contributed by atoms with E-state index in [1.165, 1.54) is 4.68 Å². The van der Waals surface area contributed by atoms with Crippen molar-refractivity contribution < 1.29 is 14.3 Å². The standard InChI is InChI=1S/C19H25N5O3/c1-27-17-5-3-15(4-6-17)22-19(26)13-24-12-16(11-21-24)23-18(25)7-2-14-8-9-20-10-14/h3-6,11-12,14,20H,2,7-10,13H2,1H3,(H,22,26)(H,23,25). The van der Waals surface area contributed by atoms with Crippen molar-refractivity contribution in [1.29, 1.82) is 0 Å². The third-order valence-electron chi connectivity index (χ3n) is 4.54. The lowest BCUT2D eigenvalue weighted by Crippen LogP contribution is -2.19. The number of nitrogens with one attached hydrogen (secondary N) is 3. The quantitative estimate of drug-likeness (QED) is 0.658. The Bertz CT molecular complexity index is 766. The van der Waals surface area contributed by atoms with Crippen LogP contribution in [0.4, 0.5) is 11.4 Å². The molecule has 27 heavy (non-hydrogen) atoms. The number of anilines is 2. The third kappa shape index (κ3) is 5.82. The summed E-state index contributed by atoms with van der Waals surface area (Å²) in [4.78, 5) is 24.2. The minimum Gasteiger partial charge on any atom is -0.497 e. The van der Waals surface area contributed by atoms with Crippen molar-refractivity contribution >= 4 is 23.2 Å². The molecular weight excluding hydrogens is 346 g/mol. The first-order chi connectivity index (χ1) is 13.1. The summed E-state index contributed by atoms with van der Waals surface area (Å²) < 4.78 is 6.58. The fourth-order valence-electron chi connectivity index (χ4n) is 3.06. The highest BCUT2D eigenvalue weighted by molar-refractivity contribution is 5.91. The van der Waals surface area contributed by atoms with Crippen molar-refractivity contribution in [1.82, 2.24) is 15.1 Å². The van der Waals surface area contributed by atoms with E-state index in [0.717, 1.165) is 31.7 Å². The molecule has 3 rings (SSSR count). The molecule has 1 saturated heterocycles. The van der Waals surface area contributed by atoms with Crippen LogP contribution >= 0.6 is 0 Å². The lowest BCUT2D eigenvalue weighted by Gasteiger charge is -2.07. The number of aromatic nitrogens is 2. The molecule has 1 atom stereocenters. The number of carbonyl (C=O) groups is 2. The van der Waals surface area contributed by atoms with E-state index in [9.17, 15) is 9.59 Å². The molecule has 0 spiro atoms. The summed E-state index contributed by atoms with van der Waals surface area (Å²) in [6, 6.07) is 7.09. The average Bonchev–Trinajstić information content (AvgIpc) is 3.33. The summed E-state index contributed by atoms with van der Waals surface area (Å²) in [7, 11) is 1.59. The van der Waals surface area contributed by atoms with Crippen LogP contribution < -0.4 is 20.7 Å². The van der Waals surface area contributed by atoms with Crippen LogP contribution in [0.1, 0.15) is 19.3 Å². The molecule has 3 N–H and O–H groups in total. The van der Waals surface area contributed by atoms with Gasteiger partial charge in [-0.15, -0.1) is 0 Å². The highest BCUT2D eigenvalue weighted by Crippen LogP contribution is 2.16. The Labute approximate surface area is 158 Å². The van der Waals surface area contributed by atoms with E-state index in [2.05, 4.69) is 21.0 Å². The maximum atomic E-state index is 12.1. The van der Waals surface area contributed by atoms with Crippen molar-refractivity contribution in [3.63, 3.8) is 0 Å². The van der Waals surface area contributed by atoms with Gasteiger partial charge in [-0.25, -0.2) is 0 Å². The molecule has 1 fully saturated rings. The SMILES string of the molecule is COc1ccc(NC(=O)Cn2cc(NC(=O)CCC3CCNC3)cn2)cc1. The monoisotopic (exact) mass is 371 g/mol. The minimum absolute atomic E-state index is 0.0239. The Balaban J connectivity index is 1.43. The van der Waals surface area contributed by atoms with Crippen LogP contribution in [0.3, 0.4) is 0 Å². The zero-order valence-corrected chi connectivity index (χ0v) is 15.4. The van der Waals surface area contributed by atoms with Crippen LogP contribution in [-0.4, -0.2) is 41.8 Å². The average molecular weight is 371 g/mol. The first-order valence-electron chi connectivity index (χ1n) is 9.09. The van der Waals surface area contributed by atoms with Gasteiger partial charge in [0.1, 0.15) is 12.3 Å². The largest absolute Gasteiger partial charge is 0.497 e. The van der Waals surface area contributed by atoms with E-state index in [4.69, 9.17) is 4.74 Å². The second kappa shape index (κ2) is 9.18. The van der Waals surface area contributed by atoms with Gasteiger partial charge in [-0.2, -0.15) is 5.10 Å². The van der Waals surface area contributed by atoms with E-state index in [1.807, 2.05) is 0 Å². The van der Waals surface area contributed by atoms with E-state index in [0.29, 0.717) is 23.7 Å². The molecule has 1 aliphatic rings. The van der Waals surface area contributed by atoms with Gasteiger partial charge in [-0.05, 0) is 56.1 Å². The molecule has 2 aromatic rings. The van der Waals surface area contributed by atoms with Crippen LogP contribution in [0, 0.1) is 5.92 Å². The Morgan fingerprint density at radius 1 is 1.22 bits per heavy atom. The summed E-state index contributed by atoms with van der Waals surface area (Å²) in [5, 5.41) is 13.1. The number of carbonyl (C=O) groups excluding carboxylic acids is 2. The van der Waals surface area contributed by atoms with Crippen molar-refractivity contribution in [3.05, 3.63) is 36.7 Å². The number of methoxy groups -OCH3 is 1. The van der Waals surface area contributed by atoms with Crippen molar-refractivity contribution in [3.8, 4) is 5.75 Å². The van der Waals surface area contributed by atoms with Gasteiger partial charge in [-0.1, -0.05) is 0 Å². The molecule has 144 valence electrons. The summed E-state index contributed by atoms with van der Waals surface area (Å²) >= 11 is 0. The number of amides is 2. The molecule has 8 heteroatoms. The molecule has 1 aromatic heterocycles. The Hall–Kier alpha value is -2.87. The molecule has 0 bridgehead atoms. The van der Waals surface area contributed by atoms with E-state index < -0.39 is 0 Å². The van der Waals surface area contributed by atoms with Crippen molar-refractivity contribution in [2.45, 2.75) is 25.8 Å². The van der Waals surface area contributed by atoms with Crippen LogP contribution in [0.15, 0.2) is 36.7 Å². The summed E-state index contributed by atoms with van der Waals surface area (Å²) in [6.45, 7) is 2.10. The van der Waals surface area contributed by atoms with Gasteiger partial charge in [0.25, 0.3) is 0 Å². The molecule has 1 unspecified atom stereocenters. The van der Waals surface area contributed by atoms with Crippen LogP contribution in [-0.2, 0) is 16.1 Å². The number of rotatable bonds is 8. The van der Waals surface area contributed by atoms with Gasteiger partial charge in [0.2, 0.25) is 11.8 Å². The number of hydrogen-bond donors (Lipinski definition) is 3. The maximum absolute atomic E-state index is 12.1. The molecule has 0 saturated carbocycles. The van der Waals surface area contributed by atoms with Gasteiger partial charge in [-0.3, -0.25) is 14.3 Å². The second-order valence-electron chi connectivity index (χ2n) is 6.65. The smallest absolute Gasteiger partial charge is 0.246 e. The summed E-state index contributed by atoms with van der Waals surface area (Å²) in [6.07, 6.45) is 5.72. The zero-order valence-electron chi connectivity index (χ0n) is 15.4. The molecule has 2 amide bonds. The predicted molar refractivity (Wildman–Crippen MR) is 103 cm³/mol. The molecule has 2 heterocycles. The Kier molecular flexibility index (Phi) is 6.43. The molecule has 1 aliphatic heterocycles. The van der Waals surface area contributed by atoms with Gasteiger partial charge in [0, 0.05) is 18.3 Å². The highest BCUT2D eigenvalue weighted by Gasteiger charge is 2.16. The van der Waals surface area contributed by atoms with Gasteiger partial charge >= 0.3 is 0 Å². The van der Waals surface area contributed by atoms with E-state index in [1.54, 1.807) is 43.8 Å². The lowest BCUT2D eigenvalue weighted by molar-refractivity contribution is -0.117. The number of benzene rings is 1. The van der Waals surface area contributed by atoms with Crippen LogP contribution in [0.5, 0.6) is 5.75 Å². The minimum atomic E-state index is -0.199. The molecular formula is C19H25N5O3. The normalized spacial score (nSPS) is 16.1. The summed E-state index contributed by atoms with van der Waals surface area (Å²) in [5.41, 5.74) is 1.28. The number of ether oxygens (including phenoxy) is 1. The van der Waals surface area contributed by atoms with Crippen LogP contribution in [0.2, 0.25) is 0 Å². The van der Waals surface area contributed by atoms with E-state index >= 15 is 0 Å². The predicted octanol–water partition coefficient (Wildman–Crippen LogP) is 1.86. The molecule has 0 radical (unpaired) electrons. The first kappa shape index (κ1) is 18.9. The van der Waals surface area contributed by atoms with Crippen molar-refractivity contribution in [2.24, 2.45) is 5.92 Å². The molecule has 1 aromatic carbocycles. The lowest BCUT2D eigenvalue weighted by atomic mass is 10.0. The fourth-order valence-corrected chi connectivity index (χ4v) is 3.06. The maximum Gasteiger partial charge on any atom is 0.246 e. The van der Waals surface area contributed by atoms with Crippen LogP contribution in [0.25, 0.3) is 0 Å². The summed E-state index contributed by atoms with van der Waals surface area (Å²) in [5.74, 6) is 1.09. The third-order valence-corrected chi connectivity index (χ3v) is 4.54. The molecule has 8 nitrogen and oxygen atoms in total. The molecule has 0 aliphatic carbocycles. The van der Waals surface area contributed by atoms with Crippen molar-refractivity contribution in [2.75, 3.05) is 30.8 Å². The van der Waals surface area contributed by atoms with Gasteiger partial charge < -0.3 is 20.7 Å². The topological polar surface area (TPSA) is 97.3 Å². The zero-order chi connectivity index (χ0) is 19.1. The fraction of sp³-hybridized carbons (Fsp3) is 0.421. The van der Waals surface area contributed by atoms with Gasteiger partial charge in [0.15, 0.2) is 0 Å². The number of nitrogens with zero attached hydrogens (tertiary/aromatic N) is 2. The Morgan fingerprint density at radius 3 is 2.70 bits per heavy atom. The van der Waals surface area contributed by atoms with Gasteiger partial charge in [0.05, 0.1) is 19.0 Å². The first-order valence-corrected chi connectivity index (χ1v) is 9.09. The Morgan fingerprint density at radius 2 is 2.00 bits per heavy atom. The second-order valence-corrected chi connectivity index (χ2v) is 6.65. The number of hydrogen-bond acceptors (Lipinski definition) is 5. The highest BCUT2D eigenvalue weighted by atomic mass is 16.5.